The first kappa shape index (κ1) is 18.2. The van der Waals surface area contributed by atoms with Gasteiger partial charge in [0.2, 0.25) is 0 Å². The van der Waals surface area contributed by atoms with Gasteiger partial charge in [0.25, 0.3) is 5.91 Å². The van der Waals surface area contributed by atoms with Crippen LogP contribution in [-0.2, 0) is 22.7 Å². The smallest absolute Gasteiger partial charge is 0.253 e. The fraction of sp³-hybridized carbons (Fsp3) is 0.150. The molecule has 2 aromatic carbocycles. The van der Waals surface area contributed by atoms with Crippen molar-refractivity contribution in [3.05, 3.63) is 88.1 Å². The molecule has 0 atom stereocenters. The van der Waals surface area contributed by atoms with Crippen LogP contribution in [0.2, 0.25) is 0 Å². The Labute approximate surface area is 154 Å². The predicted octanol–water partition coefficient (Wildman–Crippen LogP) is 4.78. The van der Waals surface area contributed by atoms with Crippen LogP contribution in [0.15, 0.2) is 66.0 Å². The van der Waals surface area contributed by atoms with Crippen LogP contribution < -0.4 is 4.90 Å². The van der Waals surface area contributed by atoms with Gasteiger partial charge < -0.3 is 9.64 Å². The van der Waals surface area contributed by atoms with Crippen molar-refractivity contribution in [2.24, 2.45) is 0 Å². The Bertz CT molecular complexity index is 854. The predicted molar refractivity (Wildman–Crippen MR) is 98.0 cm³/mol. The molecule has 0 saturated carbocycles. The normalized spacial score (nSPS) is 10.7. The van der Waals surface area contributed by atoms with Gasteiger partial charge in [-0.1, -0.05) is 36.4 Å². The van der Waals surface area contributed by atoms with Crippen LogP contribution in [0.1, 0.15) is 10.4 Å². The largest absolute Gasteiger partial charge is 0.367 e. The van der Waals surface area contributed by atoms with Crippen molar-refractivity contribution in [1.82, 2.24) is 0 Å². The Morgan fingerprint density at radius 3 is 2.54 bits per heavy atom. The summed E-state index contributed by atoms with van der Waals surface area (Å²) in [6.07, 6.45) is 0. The minimum Gasteiger partial charge on any atom is -0.367 e. The molecule has 0 spiro atoms. The van der Waals surface area contributed by atoms with Gasteiger partial charge in [-0.2, -0.15) is 0 Å². The zero-order valence-corrected chi connectivity index (χ0v) is 14.7. The first-order chi connectivity index (χ1) is 12.6. The third-order valence-electron chi connectivity index (χ3n) is 3.73. The number of carbonyl (C=O) groups is 1. The Kier molecular flexibility index (Phi) is 6.09. The van der Waals surface area contributed by atoms with Gasteiger partial charge in [-0.25, -0.2) is 8.78 Å². The van der Waals surface area contributed by atoms with Gasteiger partial charge in [0.15, 0.2) is 0 Å². The van der Waals surface area contributed by atoms with Crippen LogP contribution in [0.3, 0.4) is 0 Å². The number of hydrogen-bond donors (Lipinski definition) is 0. The van der Waals surface area contributed by atoms with E-state index in [-0.39, 0.29) is 31.4 Å². The molecule has 0 bridgehead atoms. The van der Waals surface area contributed by atoms with E-state index in [0.717, 1.165) is 22.6 Å². The van der Waals surface area contributed by atoms with Gasteiger partial charge >= 0.3 is 0 Å². The molecule has 3 nitrogen and oxygen atoms in total. The molecule has 6 heteroatoms. The van der Waals surface area contributed by atoms with E-state index < -0.39 is 11.6 Å². The van der Waals surface area contributed by atoms with E-state index in [2.05, 4.69) is 0 Å². The molecule has 134 valence electrons. The number of benzene rings is 2. The molecular formula is C20H17F2NO2S. The molecular weight excluding hydrogens is 356 g/mol. The van der Waals surface area contributed by atoms with Gasteiger partial charge in [0, 0.05) is 10.9 Å². The number of nitrogens with zero attached hydrogens (tertiary/aromatic N) is 1. The fourth-order valence-corrected chi connectivity index (χ4v) is 3.17. The number of hydrogen-bond acceptors (Lipinski definition) is 3. The van der Waals surface area contributed by atoms with Crippen molar-refractivity contribution in [1.29, 1.82) is 0 Å². The minimum atomic E-state index is -0.780. The molecule has 0 aliphatic heterocycles. The Morgan fingerprint density at radius 2 is 1.85 bits per heavy atom. The summed E-state index contributed by atoms with van der Waals surface area (Å²) in [4.78, 5) is 14.8. The lowest BCUT2D eigenvalue weighted by molar-refractivity contribution is -0.123. The lowest BCUT2D eigenvalue weighted by Crippen LogP contribution is -2.34. The second kappa shape index (κ2) is 8.69. The zero-order valence-electron chi connectivity index (χ0n) is 13.9. The minimum absolute atomic E-state index is 0.0353. The third-order valence-corrected chi connectivity index (χ3v) is 4.59. The Hall–Kier alpha value is -2.57. The van der Waals surface area contributed by atoms with Gasteiger partial charge in [-0.3, -0.25) is 4.79 Å². The van der Waals surface area contributed by atoms with E-state index in [9.17, 15) is 13.6 Å². The average molecular weight is 373 g/mol. The standard InChI is InChI=1S/C20H17F2NO2S/c21-16-8-9-19(18(22)11-16)23(12-17-7-4-10-26-17)20(24)14-25-13-15-5-2-1-3-6-15/h1-11H,12-14H2. The van der Waals surface area contributed by atoms with Crippen LogP contribution >= 0.6 is 11.3 Å². The Balaban J connectivity index is 1.72. The van der Waals surface area contributed by atoms with E-state index in [0.29, 0.717) is 0 Å². The quantitative estimate of drug-likeness (QED) is 0.597. The van der Waals surface area contributed by atoms with Crippen LogP contribution in [0.25, 0.3) is 0 Å². The summed E-state index contributed by atoms with van der Waals surface area (Å²) in [6, 6.07) is 16.4. The summed E-state index contributed by atoms with van der Waals surface area (Å²) in [5, 5.41) is 1.88. The van der Waals surface area contributed by atoms with E-state index in [1.807, 2.05) is 47.8 Å². The fourth-order valence-electron chi connectivity index (χ4n) is 2.47. The zero-order chi connectivity index (χ0) is 18.4. The number of anilines is 1. The van der Waals surface area contributed by atoms with Crippen LogP contribution in [0, 0.1) is 11.6 Å². The van der Waals surface area contributed by atoms with Crippen LogP contribution in [-0.4, -0.2) is 12.5 Å². The molecule has 0 N–H and O–H groups in total. The summed E-state index contributed by atoms with van der Waals surface area (Å²) >= 11 is 1.46. The van der Waals surface area contributed by atoms with Gasteiger partial charge in [-0.15, -0.1) is 11.3 Å². The number of ether oxygens (including phenoxy) is 1. The van der Waals surface area contributed by atoms with Crippen molar-refractivity contribution in [3.63, 3.8) is 0 Å². The number of carbonyl (C=O) groups excluding carboxylic acids is 1. The van der Waals surface area contributed by atoms with E-state index >= 15 is 0 Å². The lowest BCUT2D eigenvalue weighted by atomic mass is 10.2. The summed E-state index contributed by atoms with van der Waals surface area (Å²) in [6.45, 7) is 0.288. The highest BCUT2D eigenvalue weighted by Crippen LogP contribution is 2.24. The number of halogens is 2. The summed E-state index contributed by atoms with van der Waals surface area (Å²) in [5.41, 5.74) is 0.978. The maximum atomic E-state index is 14.2. The van der Waals surface area contributed by atoms with Crippen molar-refractivity contribution < 1.29 is 18.3 Å². The third kappa shape index (κ3) is 4.74. The van der Waals surface area contributed by atoms with Crippen molar-refractivity contribution >= 4 is 22.9 Å². The number of rotatable bonds is 7. The monoisotopic (exact) mass is 373 g/mol. The SMILES string of the molecule is O=C(COCc1ccccc1)N(Cc1cccs1)c1ccc(F)cc1F. The first-order valence-electron chi connectivity index (χ1n) is 8.03. The highest BCUT2D eigenvalue weighted by atomic mass is 32.1. The van der Waals surface area contributed by atoms with E-state index in [1.165, 1.54) is 22.3 Å². The summed E-state index contributed by atoms with van der Waals surface area (Å²) in [5.74, 6) is -1.85. The highest BCUT2D eigenvalue weighted by Gasteiger charge is 2.20. The van der Waals surface area contributed by atoms with Gasteiger partial charge in [-0.05, 0) is 29.1 Å². The highest BCUT2D eigenvalue weighted by molar-refractivity contribution is 7.09. The molecule has 0 fully saturated rings. The first-order valence-corrected chi connectivity index (χ1v) is 8.91. The second-order valence-corrected chi connectivity index (χ2v) is 6.67. The molecule has 0 saturated heterocycles. The maximum absolute atomic E-state index is 14.2. The average Bonchev–Trinajstić information content (AvgIpc) is 3.14. The molecule has 3 aromatic rings. The van der Waals surface area contributed by atoms with Crippen molar-refractivity contribution in [2.75, 3.05) is 11.5 Å². The molecule has 3 rings (SSSR count). The van der Waals surface area contributed by atoms with Crippen molar-refractivity contribution in [3.8, 4) is 0 Å². The molecule has 1 aromatic heterocycles. The molecule has 0 aliphatic carbocycles. The molecule has 0 radical (unpaired) electrons. The molecule has 1 heterocycles. The van der Waals surface area contributed by atoms with Gasteiger partial charge in [0.05, 0.1) is 18.8 Å². The van der Waals surface area contributed by atoms with Crippen molar-refractivity contribution in [2.45, 2.75) is 13.2 Å². The van der Waals surface area contributed by atoms with E-state index in [4.69, 9.17) is 4.74 Å². The summed E-state index contributed by atoms with van der Waals surface area (Å²) < 4.78 is 32.9. The number of thiophene rings is 1. The second-order valence-electron chi connectivity index (χ2n) is 5.63. The van der Waals surface area contributed by atoms with E-state index in [1.54, 1.807) is 0 Å². The summed E-state index contributed by atoms with van der Waals surface area (Å²) in [7, 11) is 0. The van der Waals surface area contributed by atoms with Gasteiger partial charge in [0.1, 0.15) is 18.2 Å². The molecule has 1 amide bonds. The topological polar surface area (TPSA) is 29.5 Å². The molecule has 0 aliphatic rings. The molecule has 0 unspecified atom stereocenters. The number of amides is 1. The van der Waals surface area contributed by atoms with Crippen LogP contribution in [0.5, 0.6) is 0 Å². The maximum Gasteiger partial charge on any atom is 0.253 e. The molecule has 26 heavy (non-hydrogen) atoms. The van der Waals surface area contributed by atoms with Crippen LogP contribution in [0.4, 0.5) is 14.5 Å². The lowest BCUT2D eigenvalue weighted by Gasteiger charge is -2.23. The Morgan fingerprint density at radius 1 is 1.04 bits per heavy atom.